The van der Waals surface area contributed by atoms with Gasteiger partial charge in [-0.15, -0.1) is 0 Å². The highest BCUT2D eigenvalue weighted by Gasteiger charge is 2.37. The van der Waals surface area contributed by atoms with Gasteiger partial charge in [-0.3, -0.25) is 4.79 Å². The van der Waals surface area contributed by atoms with Gasteiger partial charge in [0, 0.05) is 13.5 Å². The van der Waals surface area contributed by atoms with Crippen LogP contribution in [0.5, 0.6) is 0 Å². The van der Waals surface area contributed by atoms with E-state index >= 15 is 0 Å². The molecule has 0 spiro atoms. The molecule has 1 unspecified atom stereocenters. The van der Waals surface area contributed by atoms with Crippen LogP contribution >= 0.6 is 0 Å². The lowest BCUT2D eigenvalue weighted by Crippen LogP contribution is -2.31. The van der Waals surface area contributed by atoms with Gasteiger partial charge in [-0.25, -0.2) is 0 Å². The van der Waals surface area contributed by atoms with Crippen LogP contribution in [0.3, 0.4) is 0 Å². The first kappa shape index (κ1) is 14.6. The molecule has 0 aliphatic heterocycles. The van der Waals surface area contributed by atoms with Crippen molar-refractivity contribution in [3.05, 3.63) is 11.7 Å². The van der Waals surface area contributed by atoms with Crippen molar-refractivity contribution in [1.82, 2.24) is 10.1 Å². The molecule has 0 N–H and O–H groups in total. The molecule has 0 aromatic carbocycles. The van der Waals surface area contributed by atoms with Crippen molar-refractivity contribution in [3.63, 3.8) is 0 Å². The Balaban J connectivity index is 2.81. The third-order valence-electron chi connectivity index (χ3n) is 2.66. The summed E-state index contributed by atoms with van der Waals surface area (Å²) in [6.07, 6.45) is 0.542. The molecule has 6 nitrogen and oxygen atoms in total. The number of hydrogen-bond donors (Lipinski definition) is 0. The lowest BCUT2D eigenvalue weighted by Gasteiger charge is -2.17. The first-order valence-electron chi connectivity index (χ1n) is 5.94. The van der Waals surface area contributed by atoms with Gasteiger partial charge in [0.05, 0.1) is 12.7 Å². The molecule has 6 heteroatoms. The molecule has 0 amide bonds. The molecular weight excluding hydrogens is 236 g/mol. The molecule has 0 saturated carbocycles. The Morgan fingerprint density at radius 3 is 2.72 bits per heavy atom. The maximum absolute atomic E-state index is 11.8. The Morgan fingerprint density at radius 2 is 2.17 bits per heavy atom. The van der Waals surface area contributed by atoms with Crippen molar-refractivity contribution in [1.29, 1.82) is 0 Å². The lowest BCUT2D eigenvalue weighted by atomic mass is 9.94. The van der Waals surface area contributed by atoms with Gasteiger partial charge in [0.25, 0.3) is 0 Å². The smallest absolute Gasteiger partial charge is 0.321 e. The van der Waals surface area contributed by atoms with E-state index in [0.29, 0.717) is 18.9 Å². The third kappa shape index (κ3) is 3.29. The van der Waals surface area contributed by atoms with Gasteiger partial charge in [0.15, 0.2) is 5.82 Å². The van der Waals surface area contributed by atoms with E-state index in [1.54, 1.807) is 27.9 Å². The number of methoxy groups -OCH3 is 1. The first-order valence-corrected chi connectivity index (χ1v) is 5.94. The Hall–Kier alpha value is -1.43. The van der Waals surface area contributed by atoms with Crippen molar-refractivity contribution < 1.29 is 18.8 Å². The zero-order chi connectivity index (χ0) is 13.8. The van der Waals surface area contributed by atoms with E-state index in [-0.39, 0.29) is 18.0 Å². The highest BCUT2D eigenvalue weighted by atomic mass is 16.5. The van der Waals surface area contributed by atoms with Gasteiger partial charge in [-0.05, 0) is 27.7 Å². The van der Waals surface area contributed by atoms with Crippen LogP contribution in [0.2, 0.25) is 0 Å². The van der Waals surface area contributed by atoms with Crippen LogP contribution in [0.25, 0.3) is 0 Å². The van der Waals surface area contributed by atoms with Crippen LogP contribution in [-0.4, -0.2) is 35.9 Å². The second-order valence-electron chi connectivity index (χ2n) is 4.61. The fraction of sp³-hybridized carbons (Fsp3) is 0.750. The van der Waals surface area contributed by atoms with Crippen molar-refractivity contribution in [3.8, 4) is 0 Å². The molecule has 102 valence electrons. The monoisotopic (exact) mass is 256 g/mol. The second kappa shape index (κ2) is 5.95. The highest BCUT2D eigenvalue weighted by molar-refractivity contribution is 5.80. The summed E-state index contributed by atoms with van der Waals surface area (Å²) in [7, 11) is 1.62. The number of esters is 1. The van der Waals surface area contributed by atoms with Gasteiger partial charge in [0.2, 0.25) is 5.89 Å². The van der Waals surface area contributed by atoms with Crippen molar-refractivity contribution >= 4 is 5.97 Å². The first-order chi connectivity index (χ1) is 8.41. The van der Waals surface area contributed by atoms with Crippen molar-refractivity contribution in [2.45, 2.75) is 45.6 Å². The lowest BCUT2D eigenvalue weighted by molar-refractivity contribution is -0.149. The molecule has 0 radical (unpaired) electrons. The quantitative estimate of drug-likeness (QED) is 0.718. The van der Waals surface area contributed by atoms with E-state index in [1.165, 1.54) is 0 Å². The molecule has 1 aromatic heterocycles. The van der Waals surface area contributed by atoms with Crippen molar-refractivity contribution in [2.75, 3.05) is 13.7 Å². The van der Waals surface area contributed by atoms with Crippen LogP contribution in [0.1, 0.15) is 39.4 Å². The molecule has 0 bridgehead atoms. The van der Waals surface area contributed by atoms with Crippen LogP contribution in [-0.2, 0) is 26.1 Å². The zero-order valence-electron chi connectivity index (χ0n) is 11.5. The summed E-state index contributed by atoms with van der Waals surface area (Å²) in [5.41, 5.74) is -0.933. The van der Waals surface area contributed by atoms with E-state index in [4.69, 9.17) is 14.0 Å². The second-order valence-corrected chi connectivity index (χ2v) is 4.61. The molecule has 1 atom stereocenters. The minimum atomic E-state index is -0.933. The predicted molar refractivity (Wildman–Crippen MR) is 64.1 cm³/mol. The molecule has 0 aliphatic rings. The Bertz CT molecular complexity index is 401. The summed E-state index contributed by atoms with van der Waals surface area (Å²) in [6, 6.07) is 0. The maximum atomic E-state index is 11.8. The fourth-order valence-corrected chi connectivity index (χ4v) is 1.33. The molecule has 1 rings (SSSR count). The number of rotatable bonds is 6. The predicted octanol–water partition coefficient (Wildman–Crippen LogP) is 1.49. The standard InChI is InChI=1S/C12H20N2O4/c1-6-17-11(15)12(3,4)10-13-9(14-18-10)7-8(2)16-5/h8H,6-7H2,1-5H3. The molecule has 0 aliphatic carbocycles. The van der Waals surface area contributed by atoms with Crippen LogP contribution in [0.4, 0.5) is 0 Å². The summed E-state index contributed by atoms with van der Waals surface area (Å²) < 4.78 is 15.2. The SMILES string of the molecule is CCOC(=O)C(C)(C)c1nc(CC(C)OC)no1. The fourth-order valence-electron chi connectivity index (χ4n) is 1.33. The average Bonchev–Trinajstić information content (AvgIpc) is 2.78. The Kier molecular flexibility index (Phi) is 4.84. The highest BCUT2D eigenvalue weighted by Crippen LogP contribution is 2.23. The van der Waals surface area contributed by atoms with Gasteiger partial charge in [-0.2, -0.15) is 4.98 Å². The molecule has 1 heterocycles. The molecule has 0 saturated heterocycles. The minimum absolute atomic E-state index is 0.00107. The molecule has 18 heavy (non-hydrogen) atoms. The topological polar surface area (TPSA) is 74.5 Å². The minimum Gasteiger partial charge on any atom is -0.465 e. The summed E-state index contributed by atoms with van der Waals surface area (Å²) in [5, 5.41) is 3.84. The van der Waals surface area contributed by atoms with Crippen LogP contribution < -0.4 is 0 Å². The van der Waals surface area contributed by atoms with Crippen LogP contribution in [0.15, 0.2) is 4.52 Å². The number of carbonyl (C=O) groups excluding carboxylic acids is 1. The summed E-state index contributed by atoms with van der Waals surface area (Å²) in [6.45, 7) is 7.38. The van der Waals surface area contributed by atoms with Gasteiger partial charge in [0.1, 0.15) is 5.41 Å². The van der Waals surface area contributed by atoms with E-state index < -0.39 is 5.41 Å². The largest absolute Gasteiger partial charge is 0.465 e. The summed E-state index contributed by atoms with van der Waals surface area (Å²) in [5.74, 6) is 0.413. The van der Waals surface area contributed by atoms with Gasteiger partial charge >= 0.3 is 5.97 Å². The Labute approximate surface area is 107 Å². The van der Waals surface area contributed by atoms with E-state index in [0.717, 1.165) is 0 Å². The summed E-state index contributed by atoms with van der Waals surface area (Å²) in [4.78, 5) is 16.0. The number of aromatic nitrogens is 2. The van der Waals surface area contributed by atoms with Gasteiger partial charge in [-0.1, -0.05) is 5.16 Å². The maximum Gasteiger partial charge on any atom is 0.321 e. The van der Waals surface area contributed by atoms with Crippen molar-refractivity contribution in [2.24, 2.45) is 0 Å². The normalized spacial score (nSPS) is 13.4. The van der Waals surface area contributed by atoms with E-state index in [2.05, 4.69) is 10.1 Å². The number of nitrogens with zero attached hydrogens (tertiary/aromatic N) is 2. The number of carbonyl (C=O) groups is 1. The van der Waals surface area contributed by atoms with E-state index in [1.807, 2.05) is 6.92 Å². The van der Waals surface area contributed by atoms with Gasteiger partial charge < -0.3 is 14.0 Å². The molecule has 1 aromatic rings. The number of hydrogen-bond acceptors (Lipinski definition) is 6. The number of ether oxygens (including phenoxy) is 2. The third-order valence-corrected chi connectivity index (χ3v) is 2.66. The summed E-state index contributed by atoms with van der Waals surface area (Å²) >= 11 is 0. The average molecular weight is 256 g/mol. The Morgan fingerprint density at radius 1 is 1.50 bits per heavy atom. The molecular formula is C12H20N2O4. The van der Waals surface area contributed by atoms with Crippen LogP contribution in [0, 0.1) is 0 Å². The van der Waals surface area contributed by atoms with E-state index in [9.17, 15) is 4.79 Å². The zero-order valence-corrected chi connectivity index (χ0v) is 11.5. The molecule has 0 fully saturated rings.